The molecule has 0 spiro atoms. The summed E-state index contributed by atoms with van der Waals surface area (Å²) in [6.07, 6.45) is 0. The molecular formula is C24H24N4O4S2. The number of para-hydroxylation sites is 1. The van der Waals surface area contributed by atoms with Gasteiger partial charge < -0.3 is 10.1 Å². The van der Waals surface area contributed by atoms with E-state index in [0.717, 1.165) is 10.6 Å². The molecule has 2 aromatic heterocycles. The predicted molar refractivity (Wildman–Crippen MR) is 133 cm³/mol. The Labute approximate surface area is 202 Å². The van der Waals surface area contributed by atoms with Gasteiger partial charge in [0, 0.05) is 18.8 Å². The van der Waals surface area contributed by atoms with Crippen molar-refractivity contribution in [2.45, 2.75) is 17.9 Å². The number of nitrogens with zero attached hydrogens (tertiary/aromatic N) is 2. The quantitative estimate of drug-likeness (QED) is 0.362. The van der Waals surface area contributed by atoms with Gasteiger partial charge in [0.15, 0.2) is 0 Å². The van der Waals surface area contributed by atoms with Gasteiger partial charge in [-0.3, -0.25) is 4.79 Å². The zero-order valence-electron chi connectivity index (χ0n) is 18.6. The average molecular weight is 497 g/mol. The zero-order valence-corrected chi connectivity index (χ0v) is 20.3. The molecule has 0 saturated heterocycles. The molecule has 1 unspecified atom stereocenters. The number of benzene rings is 2. The Bertz CT molecular complexity index is 1350. The number of sulfonamides is 1. The highest BCUT2D eigenvalue weighted by Gasteiger charge is 2.20. The Morgan fingerprint density at radius 3 is 2.47 bits per heavy atom. The van der Waals surface area contributed by atoms with Crippen LogP contribution < -0.4 is 10.0 Å². The van der Waals surface area contributed by atoms with Crippen LogP contribution in [-0.4, -0.2) is 43.9 Å². The van der Waals surface area contributed by atoms with Crippen molar-refractivity contribution in [3.63, 3.8) is 0 Å². The molecule has 0 aliphatic rings. The van der Waals surface area contributed by atoms with Gasteiger partial charge in [0.2, 0.25) is 10.0 Å². The topological polar surface area (TPSA) is 102 Å². The number of amides is 1. The fourth-order valence-electron chi connectivity index (χ4n) is 3.38. The maximum atomic E-state index is 13.2. The number of rotatable bonds is 9. The first-order valence-electron chi connectivity index (χ1n) is 10.5. The van der Waals surface area contributed by atoms with E-state index in [-0.39, 0.29) is 23.5 Å². The largest absolute Gasteiger partial charge is 0.383 e. The number of carbonyl (C=O) groups is 1. The summed E-state index contributed by atoms with van der Waals surface area (Å²) in [5, 5.41) is 9.43. The summed E-state index contributed by atoms with van der Waals surface area (Å²) in [5.41, 5.74) is 2.28. The highest BCUT2D eigenvalue weighted by molar-refractivity contribution is 7.89. The van der Waals surface area contributed by atoms with Crippen LogP contribution in [0.4, 0.5) is 5.69 Å². The molecular weight excluding hydrogens is 472 g/mol. The molecule has 4 rings (SSSR count). The Balaban J connectivity index is 1.57. The second-order valence-electron chi connectivity index (χ2n) is 7.60. The maximum Gasteiger partial charge on any atom is 0.274 e. The lowest BCUT2D eigenvalue weighted by Gasteiger charge is -2.13. The molecule has 8 nitrogen and oxygen atoms in total. The fourth-order valence-corrected chi connectivity index (χ4v) is 5.29. The molecule has 0 saturated carbocycles. The van der Waals surface area contributed by atoms with Crippen LogP contribution >= 0.6 is 11.3 Å². The van der Waals surface area contributed by atoms with Crippen LogP contribution in [-0.2, 0) is 14.8 Å². The second kappa shape index (κ2) is 10.3. The van der Waals surface area contributed by atoms with Crippen LogP contribution in [0, 0.1) is 0 Å². The van der Waals surface area contributed by atoms with Crippen molar-refractivity contribution < 1.29 is 17.9 Å². The molecule has 0 bridgehead atoms. The van der Waals surface area contributed by atoms with Gasteiger partial charge in [0.05, 0.1) is 22.1 Å². The van der Waals surface area contributed by atoms with Crippen LogP contribution in [0.25, 0.3) is 16.3 Å². The Morgan fingerprint density at radius 2 is 1.82 bits per heavy atom. The summed E-state index contributed by atoms with van der Waals surface area (Å²) >= 11 is 1.54. The van der Waals surface area contributed by atoms with Gasteiger partial charge in [-0.05, 0) is 60.8 Å². The van der Waals surface area contributed by atoms with Gasteiger partial charge in [0.1, 0.15) is 11.4 Å². The zero-order chi connectivity index (χ0) is 24.1. The van der Waals surface area contributed by atoms with Crippen LogP contribution in [0.2, 0.25) is 0 Å². The van der Waals surface area contributed by atoms with Crippen molar-refractivity contribution in [2.75, 3.05) is 19.0 Å². The van der Waals surface area contributed by atoms with E-state index in [1.54, 1.807) is 41.1 Å². The molecule has 2 heterocycles. The van der Waals surface area contributed by atoms with Crippen LogP contribution in [0.1, 0.15) is 17.4 Å². The molecule has 0 fully saturated rings. The van der Waals surface area contributed by atoms with Crippen LogP contribution in [0.5, 0.6) is 0 Å². The number of hydrogen-bond donors (Lipinski definition) is 2. The Hall–Kier alpha value is -3.31. The van der Waals surface area contributed by atoms with E-state index < -0.39 is 10.0 Å². The van der Waals surface area contributed by atoms with E-state index >= 15 is 0 Å². The maximum absolute atomic E-state index is 13.2. The van der Waals surface area contributed by atoms with Crippen molar-refractivity contribution in [3.8, 4) is 16.3 Å². The second-order valence-corrected chi connectivity index (χ2v) is 10.3. The molecule has 1 atom stereocenters. The van der Waals surface area contributed by atoms with Gasteiger partial charge >= 0.3 is 0 Å². The highest BCUT2D eigenvalue weighted by atomic mass is 32.2. The minimum Gasteiger partial charge on any atom is -0.383 e. The summed E-state index contributed by atoms with van der Waals surface area (Å²) in [6, 6.07) is 20.7. The standard InChI is InChI=1S/C24H24N4O4S2/c1-17(16-32-2)27-34(30,31)20-12-10-18(11-13-20)25-24(29)22-15-21(23-9-6-14-33-23)26-28(22)19-7-4-3-5-8-19/h3-15,17,27H,16H2,1-2H3,(H,25,29). The lowest BCUT2D eigenvalue weighted by molar-refractivity contribution is 0.101. The summed E-state index contributed by atoms with van der Waals surface area (Å²) in [5.74, 6) is -0.360. The first-order chi connectivity index (χ1) is 16.4. The van der Waals surface area contributed by atoms with Crippen molar-refractivity contribution in [1.82, 2.24) is 14.5 Å². The van der Waals surface area contributed by atoms with E-state index in [9.17, 15) is 13.2 Å². The third kappa shape index (κ3) is 5.42. The van der Waals surface area contributed by atoms with E-state index in [2.05, 4.69) is 15.1 Å². The molecule has 4 aromatic rings. The average Bonchev–Trinajstić information content (AvgIpc) is 3.50. The molecule has 34 heavy (non-hydrogen) atoms. The van der Waals surface area contributed by atoms with Crippen molar-refractivity contribution in [3.05, 3.63) is 83.9 Å². The van der Waals surface area contributed by atoms with Gasteiger partial charge in [-0.25, -0.2) is 17.8 Å². The number of thiophene rings is 1. The first kappa shape index (κ1) is 23.8. The minimum absolute atomic E-state index is 0.0998. The number of nitrogens with one attached hydrogen (secondary N) is 2. The number of hydrogen-bond acceptors (Lipinski definition) is 6. The van der Waals surface area contributed by atoms with E-state index in [4.69, 9.17) is 4.74 Å². The van der Waals surface area contributed by atoms with Gasteiger partial charge in [-0.1, -0.05) is 24.3 Å². The lowest BCUT2D eigenvalue weighted by Crippen LogP contribution is -2.35. The SMILES string of the molecule is COCC(C)NS(=O)(=O)c1ccc(NC(=O)c2cc(-c3cccs3)nn2-c2ccccc2)cc1. The number of carbonyl (C=O) groups excluding carboxylic acids is 1. The summed E-state index contributed by atoms with van der Waals surface area (Å²) in [4.78, 5) is 14.2. The van der Waals surface area contributed by atoms with E-state index in [1.807, 2.05) is 47.8 Å². The molecule has 2 N–H and O–H groups in total. The smallest absolute Gasteiger partial charge is 0.274 e. The highest BCUT2D eigenvalue weighted by Crippen LogP contribution is 2.26. The lowest BCUT2D eigenvalue weighted by atomic mass is 10.2. The molecule has 0 aliphatic heterocycles. The molecule has 2 aromatic carbocycles. The number of anilines is 1. The first-order valence-corrected chi connectivity index (χ1v) is 12.9. The van der Waals surface area contributed by atoms with Crippen molar-refractivity contribution in [1.29, 1.82) is 0 Å². The third-order valence-electron chi connectivity index (χ3n) is 4.91. The van der Waals surface area contributed by atoms with Crippen molar-refractivity contribution in [2.24, 2.45) is 0 Å². The van der Waals surface area contributed by atoms with Crippen molar-refractivity contribution >= 4 is 33.0 Å². The molecule has 176 valence electrons. The third-order valence-corrected chi connectivity index (χ3v) is 7.41. The van der Waals surface area contributed by atoms with E-state index in [0.29, 0.717) is 17.1 Å². The van der Waals surface area contributed by atoms with E-state index in [1.165, 1.54) is 19.2 Å². The Kier molecular flexibility index (Phi) is 7.23. The minimum atomic E-state index is -3.70. The summed E-state index contributed by atoms with van der Waals surface area (Å²) in [7, 11) is -2.19. The number of methoxy groups -OCH3 is 1. The van der Waals surface area contributed by atoms with Gasteiger partial charge in [-0.15, -0.1) is 11.3 Å². The predicted octanol–water partition coefficient (Wildman–Crippen LogP) is 4.17. The fraction of sp³-hybridized carbons (Fsp3) is 0.167. The Morgan fingerprint density at radius 1 is 1.09 bits per heavy atom. The normalized spacial score (nSPS) is 12.4. The molecule has 0 radical (unpaired) electrons. The van der Waals surface area contributed by atoms with Crippen LogP contribution in [0.3, 0.4) is 0 Å². The number of ether oxygens (including phenoxy) is 1. The van der Waals surface area contributed by atoms with Crippen LogP contribution in [0.15, 0.2) is 83.1 Å². The number of aromatic nitrogens is 2. The summed E-state index contributed by atoms with van der Waals surface area (Å²) in [6.45, 7) is 1.98. The monoisotopic (exact) mass is 496 g/mol. The van der Waals surface area contributed by atoms with Gasteiger partial charge in [0.25, 0.3) is 5.91 Å². The molecule has 1 amide bonds. The van der Waals surface area contributed by atoms with Gasteiger partial charge in [-0.2, -0.15) is 5.10 Å². The molecule has 10 heteroatoms. The molecule has 0 aliphatic carbocycles. The summed E-state index contributed by atoms with van der Waals surface area (Å²) < 4.78 is 34.2.